The Morgan fingerprint density at radius 3 is 2.31 bits per heavy atom. The standard InChI is InChI=1S/C28H30N2O5S/c1-3-28(4-2)18-22(21-14-8-10-16-24(21)35-28)29-27(31)26-19-30(23-15-9-11-17-25(23)34-26)36(32,33)20-12-6-5-7-13-20/h5-17,22,26H,3-4,18-19H2,1-2H3,(H,29,31)/t22-,26+/m0/s1. The van der Waals surface area contributed by atoms with Crippen LogP contribution in [0.4, 0.5) is 5.69 Å². The normalized spacial score (nSPS) is 20.3. The van der Waals surface area contributed by atoms with Crippen LogP contribution in [0.3, 0.4) is 0 Å². The molecule has 0 bridgehead atoms. The summed E-state index contributed by atoms with van der Waals surface area (Å²) >= 11 is 0. The average Bonchev–Trinajstić information content (AvgIpc) is 2.92. The van der Waals surface area contributed by atoms with E-state index in [2.05, 4.69) is 19.2 Å². The van der Waals surface area contributed by atoms with Crippen LogP contribution in [0.15, 0.2) is 83.8 Å². The number of ether oxygens (including phenoxy) is 2. The summed E-state index contributed by atoms with van der Waals surface area (Å²) in [7, 11) is -3.90. The first-order valence-corrected chi connectivity index (χ1v) is 13.7. The summed E-state index contributed by atoms with van der Waals surface area (Å²) in [6, 6.07) is 22.6. The van der Waals surface area contributed by atoms with Crippen LogP contribution < -0.4 is 19.1 Å². The number of fused-ring (bicyclic) bond motifs is 2. The van der Waals surface area contributed by atoms with Crippen molar-refractivity contribution in [2.75, 3.05) is 10.8 Å². The molecule has 2 heterocycles. The maximum absolute atomic E-state index is 13.6. The Kier molecular flexibility index (Phi) is 6.38. The van der Waals surface area contributed by atoms with Crippen LogP contribution >= 0.6 is 0 Å². The van der Waals surface area contributed by atoms with Gasteiger partial charge in [0.1, 0.15) is 17.1 Å². The van der Waals surface area contributed by atoms with Crippen LogP contribution in [0.25, 0.3) is 0 Å². The van der Waals surface area contributed by atoms with Gasteiger partial charge in [0.15, 0.2) is 6.10 Å². The van der Waals surface area contributed by atoms with Crippen molar-refractivity contribution < 1.29 is 22.7 Å². The van der Waals surface area contributed by atoms with Crippen molar-refractivity contribution in [2.45, 2.75) is 55.8 Å². The second kappa shape index (κ2) is 9.50. The van der Waals surface area contributed by atoms with Crippen LogP contribution in [-0.2, 0) is 14.8 Å². The molecule has 0 fully saturated rings. The molecule has 0 saturated heterocycles. The zero-order valence-electron chi connectivity index (χ0n) is 20.4. The number of hydrogen-bond donors (Lipinski definition) is 1. The van der Waals surface area contributed by atoms with Gasteiger partial charge in [0.25, 0.3) is 15.9 Å². The minimum Gasteiger partial charge on any atom is -0.487 e. The fourth-order valence-corrected chi connectivity index (χ4v) is 6.48. The second-order valence-corrected chi connectivity index (χ2v) is 11.1. The number of carbonyl (C=O) groups excluding carboxylic acids is 1. The molecule has 0 radical (unpaired) electrons. The summed E-state index contributed by atoms with van der Waals surface area (Å²) < 4.78 is 40.8. The first-order chi connectivity index (χ1) is 17.4. The van der Waals surface area contributed by atoms with E-state index in [4.69, 9.17) is 9.47 Å². The van der Waals surface area contributed by atoms with Gasteiger partial charge in [-0.25, -0.2) is 8.42 Å². The lowest BCUT2D eigenvalue weighted by molar-refractivity contribution is -0.129. The van der Waals surface area contributed by atoms with Gasteiger partial charge >= 0.3 is 0 Å². The Hall–Kier alpha value is -3.52. The molecule has 0 unspecified atom stereocenters. The number of anilines is 1. The third-order valence-electron chi connectivity index (χ3n) is 7.16. The quantitative estimate of drug-likeness (QED) is 0.517. The van der Waals surface area contributed by atoms with Crippen LogP contribution in [-0.4, -0.2) is 32.6 Å². The number of hydrogen-bond acceptors (Lipinski definition) is 5. The number of nitrogens with zero attached hydrogens (tertiary/aromatic N) is 1. The Bertz CT molecular complexity index is 1360. The highest BCUT2D eigenvalue weighted by atomic mass is 32.2. The SMILES string of the molecule is CCC1(CC)C[C@H](NC(=O)[C@H]2CN(S(=O)(=O)c3ccccc3)c3ccccc3O2)c2ccccc2O1. The first kappa shape index (κ1) is 24.2. The van der Waals surface area contributed by atoms with E-state index < -0.39 is 16.1 Å². The van der Waals surface area contributed by atoms with Crippen LogP contribution in [0.5, 0.6) is 11.5 Å². The maximum atomic E-state index is 13.6. The van der Waals surface area contributed by atoms with Crippen molar-refractivity contribution in [3.05, 3.63) is 84.4 Å². The van der Waals surface area contributed by atoms with Gasteiger partial charge < -0.3 is 14.8 Å². The predicted molar refractivity (Wildman–Crippen MR) is 138 cm³/mol. The Morgan fingerprint density at radius 2 is 1.58 bits per heavy atom. The maximum Gasteiger partial charge on any atom is 0.264 e. The molecule has 0 saturated carbocycles. The van der Waals surface area contributed by atoms with Gasteiger partial charge in [-0.15, -0.1) is 0 Å². The molecule has 5 rings (SSSR count). The molecule has 2 aliphatic rings. The molecular formula is C28H30N2O5S. The summed E-state index contributed by atoms with van der Waals surface area (Å²) in [5, 5.41) is 3.15. The van der Waals surface area contributed by atoms with Crippen molar-refractivity contribution in [1.29, 1.82) is 0 Å². The van der Waals surface area contributed by atoms with Gasteiger partial charge in [-0.05, 0) is 43.2 Å². The smallest absolute Gasteiger partial charge is 0.264 e. The van der Waals surface area contributed by atoms with Crippen molar-refractivity contribution in [3.8, 4) is 11.5 Å². The molecule has 0 aliphatic carbocycles. The molecule has 8 heteroatoms. The molecule has 0 spiro atoms. The Balaban J connectivity index is 1.45. The number of para-hydroxylation sites is 3. The molecule has 36 heavy (non-hydrogen) atoms. The highest BCUT2D eigenvalue weighted by Crippen LogP contribution is 2.43. The third-order valence-corrected chi connectivity index (χ3v) is 8.95. The van der Waals surface area contributed by atoms with E-state index in [1.54, 1.807) is 54.6 Å². The monoisotopic (exact) mass is 506 g/mol. The number of rotatable bonds is 6. The summed E-state index contributed by atoms with van der Waals surface area (Å²) in [4.78, 5) is 13.7. The number of carbonyl (C=O) groups is 1. The zero-order chi connectivity index (χ0) is 25.3. The number of nitrogens with one attached hydrogen (secondary N) is 1. The molecule has 2 atom stereocenters. The number of amides is 1. The van der Waals surface area contributed by atoms with Crippen LogP contribution in [0, 0.1) is 0 Å². The lowest BCUT2D eigenvalue weighted by atomic mass is 9.83. The lowest BCUT2D eigenvalue weighted by Gasteiger charge is -2.42. The third kappa shape index (κ3) is 4.30. The van der Waals surface area contributed by atoms with E-state index in [1.807, 2.05) is 24.3 Å². The summed E-state index contributed by atoms with van der Waals surface area (Å²) in [6.45, 7) is 4.05. The molecule has 2 aliphatic heterocycles. The average molecular weight is 507 g/mol. The minimum absolute atomic E-state index is 0.127. The fraction of sp³-hybridized carbons (Fsp3) is 0.321. The van der Waals surface area contributed by atoms with E-state index in [-0.39, 0.29) is 29.0 Å². The number of sulfonamides is 1. The fourth-order valence-electron chi connectivity index (χ4n) is 4.98. The van der Waals surface area contributed by atoms with Gasteiger partial charge in [-0.1, -0.05) is 62.4 Å². The van der Waals surface area contributed by atoms with Crippen LogP contribution in [0.1, 0.15) is 44.7 Å². The largest absolute Gasteiger partial charge is 0.487 e. The molecule has 188 valence electrons. The molecule has 0 aromatic heterocycles. The summed E-state index contributed by atoms with van der Waals surface area (Å²) in [5.41, 5.74) is 0.945. The highest BCUT2D eigenvalue weighted by Gasteiger charge is 2.42. The highest BCUT2D eigenvalue weighted by molar-refractivity contribution is 7.92. The van der Waals surface area contributed by atoms with Gasteiger partial charge in [0.2, 0.25) is 0 Å². The van der Waals surface area contributed by atoms with E-state index in [9.17, 15) is 13.2 Å². The minimum atomic E-state index is -3.90. The van der Waals surface area contributed by atoms with Gasteiger partial charge in [0.05, 0.1) is 23.2 Å². The molecule has 3 aromatic carbocycles. The molecular weight excluding hydrogens is 476 g/mol. The molecule has 1 amide bonds. The van der Waals surface area contributed by atoms with Crippen LogP contribution in [0.2, 0.25) is 0 Å². The van der Waals surface area contributed by atoms with Crippen molar-refractivity contribution in [3.63, 3.8) is 0 Å². The topological polar surface area (TPSA) is 84.9 Å². The summed E-state index contributed by atoms with van der Waals surface area (Å²) in [6.07, 6.45) is 1.23. The Labute approximate surface area is 212 Å². The van der Waals surface area contributed by atoms with E-state index in [0.717, 1.165) is 24.2 Å². The number of benzene rings is 3. The summed E-state index contributed by atoms with van der Waals surface area (Å²) in [5.74, 6) is 0.758. The predicted octanol–water partition coefficient (Wildman–Crippen LogP) is 4.84. The van der Waals surface area contributed by atoms with E-state index >= 15 is 0 Å². The van der Waals surface area contributed by atoms with Gasteiger partial charge in [-0.3, -0.25) is 9.10 Å². The van der Waals surface area contributed by atoms with E-state index in [1.165, 1.54) is 4.31 Å². The first-order valence-electron chi connectivity index (χ1n) is 12.3. The molecule has 7 nitrogen and oxygen atoms in total. The van der Waals surface area contributed by atoms with Crippen molar-refractivity contribution in [2.24, 2.45) is 0 Å². The van der Waals surface area contributed by atoms with E-state index in [0.29, 0.717) is 17.9 Å². The van der Waals surface area contributed by atoms with Crippen molar-refractivity contribution in [1.82, 2.24) is 5.32 Å². The van der Waals surface area contributed by atoms with Crippen molar-refractivity contribution >= 4 is 21.6 Å². The Morgan fingerprint density at radius 1 is 0.944 bits per heavy atom. The zero-order valence-corrected chi connectivity index (χ0v) is 21.2. The molecule has 3 aromatic rings. The van der Waals surface area contributed by atoms with Gasteiger partial charge in [0, 0.05) is 12.0 Å². The second-order valence-electron chi connectivity index (χ2n) is 9.22. The lowest BCUT2D eigenvalue weighted by Crippen LogP contribution is -2.52. The van der Waals surface area contributed by atoms with Gasteiger partial charge in [-0.2, -0.15) is 0 Å². The molecule has 1 N–H and O–H groups in total.